The van der Waals surface area contributed by atoms with Crippen molar-refractivity contribution in [2.75, 3.05) is 33.4 Å². The summed E-state index contributed by atoms with van der Waals surface area (Å²) in [6.45, 7) is 8.02. The monoisotopic (exact) mass is 357 g/mol. The maximum Gasteiger partial charge on any atom is 0.194 e. The summed E-state index contributed by atoms with van der Waals surface area (Å²) in [5, 5.41) is 3.35. The first-order valence-electron chi connectivity index (χ1n) is 9.41. The van der Waals surface area contributed by atoms with Gasteiger partial charge in [-0.3, -0.25) is 4.99 Å². The number of aromatic amines is 1. The molecule has 0 saturated heterocycles. The van der Waals surface area contributed by atoms with Crippen LogP contribution in [0, 0.1) is 0 Å². The lowest BCUT2D eigenvalue weighted by Crippen LogP contribution is -2.38. The number of imidazole rings is 1. The molecule has 1 aromatic heterocycles. The molecule has 142 valence electrons. The van der Waals surface area contributed by atoms with Crippen molar-refractivity contribution in [3.05, 3.63) is 42.4 Å². The van der Waals surface area contributed by atoms with Crippen molar-refractivity contribution in [2.45, 2.75) is 33.2 Å². The highest BCUT2D eigenvalue weighted by Gasteiger charge is 2.09. The fraction of sp³-hybridized carbons (Fsp3) is 0.500. The quantitative estimate of drug-likeness (QED) is 0.389. The molecule has 6 nitrogen and oxygen atoms in total. The maximum atomic E-state index is 5.37. The SMILES string of the molecule is CCNC(=NCCCCOCC)N(C)Cc1ncc(-c2ccccc2)[nH]1. The molecule has 0 unspecified atom stereocenters. The second-order valence-corrected chi connectivity index (χ2v) is 6.11. The molecule has 0 spiro atoms. The molecule has 2 N–H and O–H groups in total. The summed E-state index contributed by atoms with van der Waals surface area (Å²) in [5.74, 6) is 1.83. The minimum absolute atomic E-state index is 0.678. The first-order valence-corrected chi connectivity index (χ1v) is 9.41. The maximum absolute atomic E-state index is 5.37. The van der Waals surface area contributed by atoms with Crippen LogP contribution in [0.2, 0.25) is 0 Å². The van der Waals surface area contributed by atoms with Crippen molar-refractivity contribution < 1.29 is 4.74 Å². The zero-order valence-electron chi connectivity index (χ0n) is 16.2. The Morgan fingerprint density at radius 3 is 2.77 bits per heavy atom. The van der Waals surface area contributed by atoms with Gasteiger partial charge in [0.1, 0.15) is 5.82 Å². The van der Waals surface area contributed by atoms with Gasteiger partial charge < -0.3 is 19.9 Å². The largest absolute Gasteiger partial charge is 0.382 e. The predicted molar refractivity (Wildman–Crippen MR) is 107 cm³/mol. The number of H-pyrrole nitrogens is 1. The van der Waals surface area contributed by atoms with Crippen LogP contribution in [0.15, 0.2) is 41.5 Å². The van der Waals surface area contributed by atoms with Crippen molar-refractivity contribution in [3.63, 3.8) is 0 Å². The summed E-state index contributed by atoms with van der Waals surface area (Å²) in [7, 11) is 2.03. The van der Waals surface area contributed by atoms with Crippen LogP contribution < -0.4 is 5.32 Å². The summed E-state index contributed by atoms with van der Waals surface area (Å²) in [5.41, 5.74) is 2.18. The standard InChI is InChI=1S/C20H31N5O/c1-4-21-20(22-13-9-10-14-26-5-2)25(3)16-19-23-15-18(24-19)17-11-7-6-8-12-17/h6-8,11-12,15H,4-5,9-10,13-14,16H2,1-3H3,(H,21,22)(H,23,24). The molecule has 0 aliphatic carbocycles. The van der Waals surface area contributed by atoms with Crippen molar-refractivity contribution in [1.82, 2.24) is 20.2 Å². The Morgan fingerprint density at radius 2 is 2.04 bits per heavy atom. The van der Waals surface area contributed by atoms with Crippen LogP contribution in [-0.2, 0) is 11.3 Å². The number of hydrogen-bond donors (Lipinski definition) is 2. The Hall–Kier alpha value is -2.34. The molecule has 0 aliphatic rings. The highest BCUT2D eigenvalue weighted by Crippen LogP contribution is 2.16. The third-order valence-corrected chi connectivity index (χ3v) is 3.96. The lowest BCUT2D eigenvalue weighted by atomic mass is 10.2. The first-order chi connectivity index (χ1) is 12.7. The van der Waals surface area contributed by atoms with Gasteiger partial charge in [-0.05, 0) is 32.3 Å². The molecular weight excluding hydrogens is 326 g/mol. The van der Waals surface area contributed by atoms with E-state index in [0.717, 1.165) is 62.2 Å². The number of rotatable bonds is 10. The van der Waals surface area contributed by atoms with Crippen molar-refractivity contribution in [3.8, 4) is 11.3 Å². The van der Waals surface area contributed by atoms with E-state index < -0.39 is 0 Å². The van der Waals surface area contributed by atoms with E-state index >= 15 is 0 Å². The van der Waals surface area contributed by atoms with Crippen LogP contribution in [0.1, 0.15) is 32.5 Å². The van der Waals surface area contributed by atoms with Gasteiger partial charge in [-0.25, -0.2) is 4.98 Å². The predicted octanol–water partition coefficient (Wildman–Crippen LogP) is 3.29. The minimum Gasteiger partial charge on any atom is -0.382 e. The van der Waals surface area contributed by atoms with E-state index in [0.29, 0.717) is 6.54 Å². The average molecular weight is 358 g/mol. The number of unbranched alkanes of at least 4 members (excludes halogenated alkanes) is 1. The molecule has 0 aliphatic heterocycles. The van der Waals surface area contributed by atoms with Gasteiger partial charge in [0, 0.05) is 33.4 Å². The summed E-state index contributed by atoms with van der Waals surface area (Å²) < 4.78 is 5.37. The van der Waals surface area contributed by atoms with Gasteiger partial charge in [-0.15, -0.1) is 0 Å². The normalized spacial score (nSPS) is 11.6. The molecule has 0 radical (unpaired) electrons. The van der Waals surface area contributed by atoms with E-state index in [1.807, 2.05) is 38.4 Å². The molecule has 0 bridgehead atoms. The number of benzene rings is 1. The summed E-state index contributed by atoms with van der Waals surface area (Å²) in [4.78, 5) is 14.7. The zero-order valence-corrected chi connectivity index (χ0v) is 16.2. The number of hydrogen-bond acceptors (Lipinski definition) is 3. The molecule has 1 heterocycles. The Labute approximate surface area is 156 Å². The second kappa shape index (κ2) is 11.3. The topological polar surface area (TPSA) is 65.5 Å². The van der Waals surface area contributed by atoms with Crippen LogP contribution >= 0.6 is 0 Å². The third kappa shape index (κ3) is 6.52. The van der Waals surface area contributed by atoms with Gasteiger partial charge in [0.25, 0.3) is 0 Å². The molecule has 2 rings (SSSR count). The minimum atomic E-state index is 0.678. The van der Waals surface area contributed by atoms with Crippen molar-refractivity contribution in [2.24, 2.45) is 4.99 Å². The molecule has 1 aromatic carbocycles. The molecular formula is C20H31N5O. The van der Waals surface area contributed by atoms with E-state index in [1.54, 1.807) is 0 Å². The fourth-order valence-electron chi connectivity index (χ4n) is 2.62. The number of guanidine groups is 1. The molecule has 0 fully saturated rings. The Bertz CT molecular complexity index is 653. The fourth-order valence-corrected chi connectivity index (χ4v) is 2.62. The van der Waals surface area contributed by atoms with Crippen LogP contribution in [-0.4, -0.2) is 54.2 Å². The molecule has 0 saturated carbocycles. The highest BCUT2D eigenvalue weighted by atomic mass is 16.5. The number of aliphatic imine (C=N–C) groups is 1. The van der Waals surface area contributed by atoms with E-state index in [1.165, 1.54) is 0 Å². The first kappa shape index (κ1) is 20.0. The highest BCUT2D eigenvalue weighted by molar-refractivity contribution is 5.79. The van der Waals surface area contributed by atoms with E-state index in [9.17, 15) is 0 Å². The van der Waals surface area contributed by atoms with Gasteiger partial charge in [0.2, 0.25) is 0 Å². The molecule has 6 heteroatoms. The van der Waals surface area contributed by atoms with E-state index in [-0.39, 0.29) is 0 Å². The van der Waals surface area contributed by atoms with Gasteiger partial charge in [-0.1, -0.05) is 30.3 Å². The van der Waals surface area contributed by atoms with E-state index in [2.05, 4.69) is 39.2 Å². The Balaban J connectivity index is 1.90. The van der Waals surface area contributed by atoms with E-state index in [4.69, 9.17) is 9.73 Å². The van der Waals surface area contributed by atoms with Gasteiger partial charge in [-0.2, -0.15) is 0 Å². The van der Waals surface area contributed by atoms with Gasteiger partial charge in [0.15, 0.2) is 5.96 Å². The number of nitrogens with zero attached hydrogens (tertiary/aromatic N) is 3. The number of nitrogens with one attached hydrogen (secondary N) is 2. The Kier molecular flexibility index (Phi) is 8.69. The second-order valence-electron chi connectivity index (χ2n) is 6.11. The van der Waals surface area contributed by atoms with Gasteiger partial charge in [0.05, 0.1) is 18.4 Å². The molecule has 0 amide bonds. The number of ether oxygens (including phenoxy) is 1. The van der Waals surface area contributed by atoms with Crippen LogP contribution in [0.25, 0.3) is 11.3 Å². The molecule has 26 heavy (non-hydrogen) atoms. The van der Waals surface area contributed by atoms with Crippen LogP contribution in [0.3, 0.4) is 0 Å². The van der Waals surface area contributed by atoms with Crippen LogP contribution in [0.4, 0.5) is 0 Å². The van der Waals surface area contributed by atoms with Crippen LogP contribution in [0.5, 0.6) is 0 Å². The molecule has 0 atom stereocenters. The zero-order chi connectivity index (χ0) is 18.6. The Morgan fingerprint density at radius 1 is 1.23 bits per heavy atom. The summed E-state index contributed by atoms with van der Waals surface area (Å²) in [6.07, 6.45) is 3.96. The van der Waals surface area contributed by atoms with Crippen molar-refractivity contribution in [1.29, 1.82) is 0 Å². The van der Waals surface area contributed by atoms with Crippen molar-refractivity contribution >= 4 is 5.96 Å². The van der Waals surface area contributed by atoms with Gasteiger partial charge >= 0.3 is 0 Å². The lowest BCUT2D eigenvalue weighted by molar-refractivity contribution is 0.144. The summed E-state index contributed by atoms with van der Waals surface area (Å²) in [6, 6.07) is 10.2. The number of aromatic nitrogens is 2. The third-order valence-electron chi connectivity index (χ3n) is 3.96. The lowest BCUT2D eigenvalue weighted by Gasteiger charge is -2.21. The molecule has 2 aromatic rings. The smallest absolute Gasteiger partial charge is 0.194 e. The summed E-state index contributed by atoms with van der Waals surface area (Å²) >= 11 is 0. The average Bonchev–Trinajstić information content (AvgIpc) is 3.13.